The number of hydrogen-bond donors (Lipinski definition) is 0. The highest BCUT2D eigenvalue weighted by molar-refractivity contribution is 7.27. The lowest BCUT2D eigenvalue weighted by Crippen LogP contribution is -2.00. The van der Waals surface area contributed by atoms with Crippen LogP contribution in [0.15, 0.2) is 401 Å². The average Bonchev–Trinajstić information content (AvgIpc) is 1.57. The van der Waals surface area contributed by atoms with E-state index in [4.69, 9.17) is 39.9 Å². The van der Waals surface area contributed by atoms with Gasteiger partial charge in [0.15, 0.2) is 17.5 Å². The predicted molar refractivity (Wildman–Crippen MR) is 511 cm³/mol. The summed E-state index contributed by atoms with van der Waals surface area (Å²) in [5.41, 5.74) is 22.6. The van der Waals surface area contributed by atoms with Crippen LogP contribution in [0.1, 0.15) is 0 Å². The largest absolute Gasteiger partial charge is 0.292 e. The van der Waals surface area contributed by atoms with Gasteiger partial charge >= 0.3 is 0 Å². The molecule has 25 rings (SSSR count). The number of benzene rings is 15. The molecule has 0 N–H and O–H groups in total. The fraction of sp³-hybridized carbons (Fsp3) is 0. The van der Waals surface area contributed by atoms with Crippen LogP contribution in [0.3, 0.4) is 0 Å². The van der Waals surface area contributed by atoms with Crippen LogP contribution in [0.4, 0.5) is 0 Å². The van der Waals surface area contributed by atoms with Gasteiger partial charge in [-0.3, -0.25) is 9.55 Å². The van der Waals surface area contributed by atoms with Gasteiger partial charge in [0.05, 0.1) is 61.4 Å². The first-order valence-electron chi connectivity index (χ1n) is 40.5. The van der Waals surface area contributed by atoms with E-state index in [0.717, 1.165) is 139 Å². The maximum Gasteiger partial charge on any atom is 0.164 e. The molecule has 0 atom stereocenters. The van der Waals surface area contributed by atoms with Crippen LogP contribution in [0.2, 0.25) is 0 Å². The molecule has 570 valence electrons. The van der Waals surface area contributed by atoms with Crippen molar-refractivity contribution in [2.45, 2.75) is 0 Å². The minimum atomic E-state index is 0.631. The van der Waals surface area contributed by atoms with Crippen LogP contribution >= 0.6 is 34.0 Å². The lowest BCUT2D eigenvalue weighted by Gasteiger charge is -2.11. The maximum absolute atomic E-state index is 5.24. The second-order valence-corrected chi connectivity index (χ2v) is 33.4. The third-order valence-corrected chi connectivity index (χ3v) is 26.4. The highest BCUT2D eigenvalue weighted by Gasteiger charge is 2.23. The van der Waals surface area contributed by atoms with Crippen molar-refractivity contribution in [3.63, 3.8) is 0 Å². The molecule has 0 aliphatic carbocycles. The fourth-order valence-electron chi connectivity index (χ4n) is 17.0. The summed E-state index contributed by atoms with van der Waals surface area (Å²) in [6, 6.07) is 137. The Morgan fingerprint density at radius 2 is 0.607 bits per heavy atom. The predicted octanol–water partition coefficient (Wildman–Crippen LogP) is 29.4. The van der Waals surface area contributed by atoms with Gasteiger partial charge in [-0.25, -0.2) is 39.9 Å². The SMILES string of the molecule is c1ccc(-c2nc(-c3ccccc3)nc(-c3cccc(-c4nc5ccccc5c5sc6ccccc6c45)c3)n2)cc1.c1ccc(-n2c(-c3ccc(-c4cccc(-c5nc6ccccc6c6sc7ccccc7c56)c4)cc3)nc3ccccc32)cc1.c1cnc2c(c1)ccc1ccc(-c3ccc(-c4nc5ccccc5c5sc6ccccc6c45)cc3)nc12. The smallest absolute Gasteiger partial charge is 0.164 e. The zero-order valence-electron chi connectivity index (χ0n) is 65.3. The molecule has 0 radical (unpaired) electrons. The second kappa shape index (κ2) is 30.4. The zero-order chi connectivity index (χ0) is 80.6. The van der Waals surface area contributed by atoms with Crippen molar-refractivity contribution in [1.29, 1.82) is 0 Å². The Kier molecular flexibility index (Phi) is 17.9. The molecule has 10 heterocycles. The molecule has 13 heteroatoms. The van der Waals surface area contributed by atoms with Crippen LogP contribution in [-0.4, -0.2) is 49.4 Å². The number of rotatable bonds is 10. The van der Waals surface area contributed by atoms with Crippen LogP contribution in [-0.2, 0) is 0 Å². The molecule has 0 amide bonds. The first-order valence-corrected chi connectivity index (χ1v) is 43.0. The van der Waals surface area contributed by atoms with Crippen molar-refractivity contribution in [2.75, 3.05) is 0 Å². The Bertz CT molecular complexity index is 8340. The number of fused-ring (bicyclic) bond motifs is 19. The normalized spacial score (nSPS) is 11.6. The molecule has 10 nitrogen and oxygen atoms in total. The molecule has 0 bridgehead atoms. The van der Waals surface area contributed by atoms with Crippen LogP contribution in [0, 0.1) is 0 Å². The third-order valence-electron chi connectivity index (χ3n) is 22.8. The molecule has 0 saturated carbocycles. The number of hydrogen-bond acceptors (Lipinski definition) is 12. The molecule has 0 saturated heterocycles. The monoisotopic (exact) mass is 1610 g/mol. The fourth-order valence-corrected chi connectivity index (χ4v) is 20.7. The second-order valence-electron chi connectivity index (χ2n) is 30.2. The Morgan fingerprint density at radius 1 is 0.221 bits per heavy atom. The number of thiophene rings is 3. The summed E-state index contributed by atoms with van der Waals surface area (Å²) in [6.45, 7) is 0. The third kappa shape index (κ3) is 12.9. The summed E-state index contributed by atoms with van der Waals surface area (Å²) in [7, 11) is 0. The minimum Gasteiger partial charge on any atom is -0.292 e. The van der Waals surface area contributed by atoms with Crippen molar-refractivity contribution < 1.29 is 0 Å². The standard InChI is InChI=1S/C40H25N3S.C36H22N4S.C33H19N3S/c1-2-13-30(14-3-1)43-35-19-8-7-18-34(35)42-40(43)27-23-21-26(22-24-27)28-11-10-12-29(25-28)38-37-32-16-5-9-20-36(32)44-39(37)31-15-4-6-17-33(31)41-38;1-3-12-23(13-4-1)34-38-35(24-14-5-2-6-15-24)40-36(39-34)26-17-11-16-25(22-26)32-31-28-19-8-10-21-30(28)41-33(31)27-18-7-9-20-29(27)37-32;1-3-9-27-24(7-1)33-29(25-8-2-4-10-28(25)37-33)30(36-27)22-13-11-20(12-14-22)26-18-17-23-16-15-21-6-5-19-34-31(21)32(23)35-26/h1-25H;1-22H;1-19H. The van der Waals surface area contributed by atoms with Crippen molar-refractivity contribution in [2.24, 2.45) is 0 Å². The quantitative estimate of drug-likeness (QED) is 0.123. The van der Waals surface area contributed by atoms with E-state index in [9.17, 15) is 0 Å². The van der Waals surface area contributed by atoms with Crippen molar-refractivity contribution in [1.82, 2.24) is 49.4 Å². The van der Waals surface area contributed by atoms with E-state index < -0.39 is 0 Å². The van der Waals surface area contributed by atoms with Crippen LogP contribution < -0.4 is 0 Å². The van der Waals surface area contributed by atoms with E-state index in [-0.39, 0.29) is 0 Å². The Hall–Kier alpha value is -15.5. The summed E-state index contributed by atoms with van der Waals surface area (Å²) in [4.78, 5) is 45.0. The number of pyridine rings is 5. The molecular formula is C109H66N10S3. The topological polar surface area (TPSA) is 121 Å². The van der Waals surface area contributed by atoms with Gasteiger partial charge in [-0.05, 0) is 96.1 Å². The summed E-state index contributed by atoms with van der Waals surface area (Å²) < 4.78 is 9.92. The number of aromatic nitrogens is 10. The minimum absolute atomic E-state index is 0.631. The van der Waals surface area contributed by atoms with Crippen molar-refractivity contribution in [3.8, 4) is 107 Å². The number of imidazole rings is 1. The molecule has 0 aliphatic heterocycles. The number of nitrogens with zero attached hydrogens (tertiary/aromatic N) is 10. The van der Waals surface area contributed by atoms with Gasteiger partial charge in [0.2, 0.25) is 0 Å². The maximum atomic E-state index is 5.24. The van der Waals surface area contributed by atoms with Gasteiger partial charge in [0.25, 0.3) is 0 Å². The van der Waals surface area contributed by atoms with Gasteiger partial charge in [0.1, 0.15) is 5.82 Å². The zero-order valence-corrected chi connectivity index (χ0v) is 67.8. The number of para-hydroxylation sites is 6. The highest BCUT2D eigenvalue weighted by atomic mass is 32.1. The Balaban J connectivity index is 0.000000107. The van der Waals surface area contributed by atoms with Gasteiger partial charge < -0.3 is 0 Å². The molecule has 0 unspecified atom stereocenters. The van der Waals surface area contributed by atoms with E-state index in [1.54, 1.807) is 0 Å². The molecule has 0 aliphatic rings. The van der Waals surface area contributed by atoms with Gasteiger partial charge in [-0.1, -0.05) is 309 Å². The first-order chi connectivity index (χ1) is 60.5. The average molecular weight is 1610 g/mol. The summed E-state index contributed by atoms with van der Waals surface area (Å²) in [6.07, 6.45) is 1.83. The molecule has 15 aromatic carbocycles. The van der Waals surface area contributed by atoms with Crippen molar-refractivity contribution >= 4 is 160 Å². The van der Waals surface area contributed by atoms with Crippen LogP contribution in [0.25, 0.3) is 233 Å². The Morgan fingerprint density at radius 3 is 1.14 bits per heavy atom. The van der Waals surface area contributed by atoms with Crippen LogP contribution in [0.5, 0.6) is 0 Å². The summed E-state index contributed by atoms with van der Waals surface area (Å²) in [5, 5.41) is 13.2. The van der Waals surface area contributed by atoms with E-state index in [1.165, 1.54) is 76.7 Å². The summed E-state index contributed by atoms with van der Waals surface area (Å²) >= 11 is 5.53. The van der Waals surface area contributed by atoms with E-state index >= 15 is 0 Å². The van der Waals surface area contributed by atoms with Gasteiger partial charge in [-0.2, -0.15) is 0 Å². The lowest BCUT2D eigenvalue weighted by molar-refractivity contribution is 1.07. The van der Waals surface area contributed by atoms with E-state index in [2.05, 4.69) is 325 Å². The van der Waals surface area contributed by atoms with E-state index in [0.29, 0.717) is 17.5 Å². The molecule has 0 fully saturated rings. The van der Waals surface area contributed by atoms with E-state index in [1.807, 2.05) is 119 Å². The lowest BCUT2D eigenvalue weighted by atomic mass is 9.98. The first kappa shape index (κ1) is 71.8. The van der Waals surface area contributed by atoms with Gasteiger partial charge in [0, 0.05) is 144 Å². The molecule has 10 aromatic heterocycles. The molecule has 0 spiro atoms. The highest BCUT2D eigenvalue weighted by Crippen LogP contribution is 2.48. The van der Waals surface area contributed by atoms with Gasteiger partial charge in [-0.15, -0.1) is 34.0 Å². The molecular weight excluding hydrogens is 1550 g/mol. The summed E-state index contributed by atoms with van der Waals surface area (Å²) in [5.74, 6) is 2.86. The molecule has 25 aromatic rings. The molecule has 122 heavy (non-hydrogen) atoms. The Labute approximate surface area is 712 Å². The van der Waals surface area contributed by atoms with Crippen molar-refractivity contribution in [3.05, 3.63) is 401 Å².